The number of phosphoric ester groups is 1. The summed E-state index contributed by atoms with van der Waals surface area (Å²) in [7, 11) is 1.19. The van der Waals surface area contributed by atoms with Gasteiger partial charge in [-0.25, -0.2) is 0 Å². The van der Waals surface area contributed by atoms with Crippen LogP contribution < -0.4 is 10.2 Å². The van der Waals surface area contributed by atoms with E-state index in [0.717, 1.165) is 109 Å². The van der Waals surface area contributed by atoms with Crippen molar-refractivity contribution in [2.45, 2.75) is 167 Å². The number of carbonyl (C=O) groups is 1. The molecular formula is C59H95N2O6P. The van der Waals surface area contributed by atoms with Gasteiger partial charge in [0.05, 0.1) is 39.9 Å². The summed E-state index contributed by atoms with van der Waals surface area (Å²) in [6.45, 7) is 4.38. The van der Waals surface area contributed by atoms with E-state index >= 15 is 0 Å². The van der Waals surface area contributed by atoms with Crippen molar-refractivity contribution in [1.82, 2.24) is 5.32 Å². The summed E-state index contributed by atoms with van der Waals surface area (Å²) in [5.41, 5.74) is 0. The highest BCUT2D eigenvalue weighted by atomic mass is 31.2. The van der Waals surface area contributed by atoms with Crippen molar-refractivity contribution in [3.05, 3.63) is 158 Å². The number of carbonyl (C=O) groups excluding carboxylic acids is 1. The second kappa shape index (κ2) is 48.2. The highest BCUT2D eigenvalue weighted by Gasteiger charge is 2.23. The minimum Gasteiger partial charge on any atom is -0.756 e. The van der Waals surface area contributed by atoms with E-state index in [2.05, 4.69) is 165 Å². The fourth-order valence-electron chi connectivity index (χ4n) is 6.17. The maximum atomic E-state index is 12.8. The van der Waals surface area contributed by atoms with E-state index in [1.807, 2.05) is 27.2 Å². The Morgan fingerprint density at radius 3 is 1.34 bits per heavy atom. The van der Waals surface area contributed by atoms with Gasteiger partial charge in [0.15, 0.2) is 0 Å². The van der Waals surface area contributed by atoms with E-state index in [0.29, 0.717) is 17.4 Å². The van der Waals surface area contributed by atoms with Crippen LogP contribution in [0.15, 0.2) is 158 Å². The first kappa shape index (κ1) is 64.1. The SMILES string of the molecule is CC/C=C\C/C=C\C/C=C\C/C=C\C/C=C\C/C=C\C/C=C\C/C=C\C/C=C\C/C=C\C/C=C\CCCCCC(=O)NC(COP(=O)([O-])OCC[N+](C)(C)C)C(O)/C=C/CC/C=C/CCCCC. The molecule has 0 saturated heterocycles. The summed E-state index contributed by atoms with van der Waals surface area (Å²) < 4.78 is 23.1. The number of aliphatic hydroxyl groups excluding tert-OH is 1. The van der Waals surface area contributed by atoms with Gasteiger partial charge in [0.2, 0.25) is 5.91 Å². The van der Waals surface area contributed by atoms with Gasteiger partial charge >= 0.3 is 0 Å². The molecule has 0 aromatic heterocycles. The lowest BCUT2D eigenvalue weighted by Gasteiger charge is -2.29. The maximum absolute atomic E-state index is 12.8. The van der Waals surface area contributed by atoms with Crippen LogP contribution in [-0.2, 0) is 18.4 Å². The molecule has 0 aromatic carbocycles. The number of amides is 1. The van der Waals surface area contributed by atoms with Gasteiger partial charge in [-0.05, 0) is 116 Å². The number of nitrogens with zero attached hydrogens (tertiary/aromatic N) is 1. The normalized spacial score (nSPS) is 15.3. The number of likely N-dealkylation sites (N-methyl/N-ethyl adjacent to an activating group) is 1. The molecule has 382 valence electrons. The molecule has 68 heavy (non-hydrogen) atoms. The third-order valence-corrected chi connectivity index (χ3v) is 11.2. The van der Waals surface area contributed by atoms with Gasteiger partial charge in [0.25, 0.3) is 7.82 Å². The summed E-state index contributed by atoms with van der Waals surface area (Å²) in [5.74, 6) is -0.251. The van der Waals surface area contributed by atoms with Crippen molar-refractivity contribution in [1.29, 1.82) is 0 Å². The lowest BCUT2D eigenvalue weighted by molar-refractivity contribution is -0.870. The largest absolute Gasteiger partial charge is 0.756 e. The van der Waals surface area contributed by atoms with Gasteiger partial charge in [-0.3, -0.25) is 9.36 Å². The third-order valence-electron chi connectivity index (χ3n) is 10.2. The monoisotopic (exact) mass is 959 g/mol. The first-order chi connectivity index (χ1) is 33.0. The van der Waals surface area contributed by atoms with Crippen LogP contribution in [-0.4, -0.2) is 68.5 Å². The molecule has 0 aliphatic heterocycles. The Morgan fingerprint density at radius 2 is 0.912 bits per heavy atom. The Kier molecular flexibility index (Phi) is 45.4. The van der Waals surface area contributed by atoms with Crippen molar-refractivity contribution in [3.63, 3.8) is 0 Å². The first-order valence-electron chi connectivity index (χ1n) is 25.8. The van der Waals surface area contributed by atoms with Crippen LogP contribution in [0.1, 0.15) is 155 Å². The van der Waals surface area contributed by atoms with Crippen LogP contribution in [0.5, 0.6) is 0 Å². The van der Waals surface area contributed by atoms with Gasteiger partial charge in [-0.1, -0.05) is 191 Å². The van der Waals surface area contributed by atoms with E-state index in [9.17, 15) is 19.4 Å². The predicted molar refractivity (Wildman–Crippen MR) is 292 cm³/mol. The zero-order valence-electron chi connectivity index (χ0n) is 43.2. The molecule has 1 amide bonds. The quantitative estimate of drug-likeness (QED) is 0.0273. The van der Waals surface area contributed by atoms with Gasteiger partial charge < -0.3 is 28.8 Å². The Bertz CT molecular complexity index is 1650. The van der Waals surface area contributed by atoms with Crippen molar-refractivity contribution in [2.75, 3.05) is 40.9 Å². The van der Waals surface area contributed by atoms with E-state index in [-0.39, 0.29) is 18.9 Å². The minimum atomic E-state index is -4.61. The number of nitrogens with one attached hydrogen (secondary N) is 1. The number of hydrogen-bond donors (Lipinski definition) is 2. The van der Waals surface area contributed by atoms with Crippen LogP contribution in [0.25, 0.3) is 0 Å². The molecule has 0 fully saturated rings. The zero-order chi connectivity index (χ0) is 49.9. The Hall–Kier alpha value is -3.88. The molecule has 0 spiro atoms. The molecule has 0 rings (SSSR count). The number of quaternary nitrogens is 1. The highest BCUT2D eigenvalue weighted by molar-refractivity contribution is 7.45. The predicted octanol–water partition coefficient (Wildman–Crippen LogP) is 14.9. The third kappa shape index (κ3) is 50.0. The van der Waals surface area contributed by atoms with Crippen LogP contribution in [0.3, 0.4) is 0 Å². The van der Waals surface area contributed by atoms with Gasteiger partial charge in [-0.15, -0.1) is 0 Å². The molecular weight excluding hydrogens is 864 g/mol. The second-order valence-electron chi connectivity index (χ2n) is 17.8. The lowest BCUT2D eigenvalue weighted by Crippen LogP contribution is -2.45. The topological polar surface area (TPSA) is 108 Å². The molecule has 0 aromatic rings. The average molecular weight is 959 g/mol. The fourth-order valence-corrected chi connectivity index (χ4v) is 6.89. The first-order valence-corrected chi connectivity index (χ1v) is 27.3. The number of rotatable bonds is 44. The molecule has 0 radical (unpaired) electrons. The Morgan fingerprint density at radius 1 is 0.529 bits per heavy atom. The molecule has 8 nitrogen and oxygen atoms in total. The van der Waals surface area contributed by atoms with Crippen LogP contribution in [0, 0.1) is 0 Å². The number of allylic oxidation sites excluding steroid dienone is 25. The summed E-state index contributed by atoms with van der Waals surface area (Å²) in [4.78, 5) is 25.3. The second-order valence-corrected chi connectivity index (χ2v) is 19.2. The fraction of sp³-hybridized carbons (Fsp3) is 0.542. The molecule has 9 heteroatoms. The molecule has 0 heterocycles. The summed E-state index contributed by atoms with van der Waals surface area (Å²) >= 11 is 0. The van der Waals surface area contributed by atoms with Crippen molar-refractivity contribution >= 4 is 13.7 Å². The van der Waals surface area contributed by atoms with Crippen molar-refractivity contribution in [2.24, 2.45) is 0 Å². The van der Waals surface area contributed by atoms with Crippen LogP contribution >= 0.6 is 7.82 Å². The Labute approximate surface area is 416 Å². The van der Waals surface area contributed by atoms with Crippen LogP contribution in [0.4, 0.5) is 0 Å². The lowest BCUT2D eigenvalue weighted by atomic mass is 10.1. The summed E-state index contributed by atoms with van der Waals surface area (Å²) in [6.07, 6.45) is 76.2. The zero-order valence-corrected chi connectivity index (χ0v) is 44.1. The van der Waals surface area contributed by atoms with Crippen LogP contribution in [0.2, 0.25) is 0 Å². The smallest absolute Gasteiger partial charge is 0.268 e. The molecule has 0 bridgehead atoms. The van der Waals surface area contributed by atoms with Gasteiger partial charge in [0.1, 0.15) is 13.2 Å². The molecule has 3 atom stereocenters. The molecule has 3 unspecified atom stereocenters. The summed E-state index contributed by atoms with van der Waals surface area (Å²) in [6, 6.07) is -0.931. The van der Waals surface area contributed by atoms with E-state index < -0.39 is 26.6 Å². The van der Waals surface area contributed by atoms with Crippen molar-refractivity contribution < 1.29 is 32.9 Å². The average Bonchev–Trinajstić information content (AvgIpc) is 3.30. The van der Waals surface area contributed by atoms with E-state index in [1.54, 1.807) is 6.08 Å². The maximum Gasteiger partial charge on any atom is 0.268 e. The highest BCUT2D eigenvalue weighted by Crippen LogP contribution is 2.38. The molecule has 2 N–H and O–H groups in total. The van der Waals surface area contributed by atoms with Gasteiger partial charge in [-0.2, -0.15) is 0 Å². The number of aliphatic hydroxyl groups is 1. The molecule has 0 aliphatic rings. The van der Waals surface area contributed by atoms with E-state index in [1.165, 1.54) is 19.3 Å². The van der Waals surface area contributed by atoms with Crippen molar-refractivity contribution in [3.8, 4) is 0 Å². The number of unbranched alkanes of at least 4 members (excludes halogenated alkanes) is 7. The van der Waals surface area contributed by atoms with E-state index in [4.69, 9.17) is 9.05 Å². The minimum absolute atomic E-state index is 0.0228. The Balaban J connectivity index is 4.23. The van der Waals surface area contributed by atoms with Gasteiger partial charge in [0, 0.05) is 6.42 Å². The molecule has 0 aliphatic carbocycles. The summed E-state index contributed by atoms with van der Waals surface area (Å²) in [5, 5.41) is 13.7. The standard InChI is InChI=1S/C59H95N2O6P/c1-6-8-10-12-14-16-17-18-19-20-21-22-23-24-25-26-27-28-29-30-31-32-33-34-35-36-37-38-39-40-41-42-43-45-47-49-51-53-59(63)60-57(56-67-68(64,65)66-55-54-61(3,4)5)58(62)52-50-48-46-44-15-13-11-9-7-2/h8,10,14-16,18-19,21-22,24-25,27-28,30-31,33-34,36-37,39-40,42-44,50,52,57-58,62H,6-7,9,11-13,17,20,23,26,29,32,35,38,41,45-49,51,53-56H2,1-5H3,(H-,60,63,64,65)/b10-8-,16-14-,19-18-,22-21-,25-24-,28-27-,31-30-,34-33-,37-36-,40-39-,43-42-,44-15+,52-50+. The number of phosphoric acid groups is 1. The number of hydrogen-bond acceptors (Lipinski definition) is 6. The molecule has 0 saturated carbocycles.